The average Bonchev–Trinajstić information content (AvgIpc) is 2.72. The lowest BCUT2D eigenvalue weighted by Crippen LogP contribution is -2.41. The molecule has 0 amide bonds. The van der Waals surface area contributed by atoms with Crippen molar-refractivity contribution >= 4 is 8.07 Å². The number of ether oxygens (including phenoxy) is 2. The number of rotatable bonds is 10. The van der Waals surface area contributed by atoms with Crippen LogP contribution in [-0.2, 0) is 25.7 Å². The molecule has 0 saturated carbocycles. The lowest BCUT2D eigenvalue weighted by molar-refractivity contribution is 0.342. The summed E-state index contributed by atoms with van der Waals surface area (Å²) < 4.78 is 12.3. The highest BCUT2D eigenvalue weighted by molar-refractivity contribution is 6.77. The number of hydrogen-bond donors (Lipinski definition) is 2. The fourth-order valence-electron chi connectivity index (χ4n) is 3.30. The van der Waals surface area contributed by atoms with E-state index in [1.807, 2.05) is 52.0 Å². The molecule has 0 spiro atoms. The van der Waals surface area contributed by atoms with Gasteiger partial charge >= 0.3 is 0 Å². The standard InChI is InChI=1S/C24H36O4Si/c1-7-17-11-21(12-18(8-2)23(17)25)27-15-29(5,6)16-28-22-13-19(9-3)24(26)20(10-4)14-22/h11-14,25-26H,7-10,15-16H2,1-6H3. The molecule has 0 bridgehead atoms. The summed E-state index contributed by atoms with van der Waals surface area (Å²) in [6.45, 7) is 12.7. The second-order valence-corrected chi connectivity index (χ2v) is 13.2. The lowest BCUT2D eigenvalue weighted by atomic mass is 10.0. The molecule has 0 saturated heterocycles. The van der Waals surface area contributed by atoms with Crippen LogP contribution in [0.1, 0.15) is 49.9 Å². The van der Waals surface area contributed by atoms with Crippen molar-refractivity contribution in [3.8, 4) is 23.0 Å². The van der Waals surface area contributed by atoms with Gasteiger partial charge in [-0.3, -0.25) is 0 Å². The molecule has 0 atom stereocenters. The van der Waals surface area contributed by atoms with E-state index in [2.05, 4.69) is 13.1 Å². The Bertz CT molecular complexity index is 712. The van der Waals surface area contributed by atoms with Gasteiger partial charge in [0, 0.05) is 0 Å². The second kappa shape index (κ2) is 10.1. The first-order chi connectivity index (χ1) is 13.7. The minimum absolute atomic E-state index is 0.396. The van der Waals surface area contributed by atoms with Crippen LogP contribution in [0.4, 0.5) is 0 Å². The SMILES string of the molecule is CCc1cc(OC[Si](C)(C)COc2cc(CC)c(O)c(CC)c2)cc(CC)c1O. The first kappa shape index (κ1) is 23.1. The first-order valence-electron chi connectivity index (χ1n) is 10.7. The summed E-state index contributed by atoms with van der Waals surface area (Å²) in [5, 5.41) is 20.5. The molecule has 0 unspecified atom stereocenters. The number of phenolic OH excluding ortho intramolecular Hbond substituents is 2. The topological polar surface area (TPSA) is 58.9 Å². The molecule has 5 heteroatoms. The molecule has 4 nitrogen and oxygen atoms in total. The van der Waals surface area contributed by atoms with Crippen LogP contribution >= 0.6 is 0 Å². The Morgan fingerprint density at radius 2 is 0.897 bits per heavy atom. The fraction of sp³-hybridized carbons (Fsp3) is 0.500. The Labute approximate surface area is 176 Å². The third-order valence-corrected chi connectivity index (χ3v) is 7.12. The zero-order valence-corrected chi connectivity index (χ0v) is 19.8. The van der Waals surface area contributed by atoms with Gasteiger partial charge in [-0.15, -0.1) is 0 Å². The van der Waals surface area contributed by atoms with Crippen molar-refractivity contribution in [2.45, 2.75) is 66.5 Å². The van der Waals surface area contributed by atoms with Crippen LogP contribution in [-0.4, -0.2) is 30.7 Å². The van der Waals surface area contributed by atoms with E-state index in [0.717, 1.165) is 59.4 Å². The van der Waals surface area contributed by atoms with Gasteiger partial charge in [-0.2, -0.15) is 0 Å². The van der Waals surface area contributed by atoms with Crippen LogP contribution in [0.25, 0.3) is 0 Å². The maximum Gasteiger partial charge on any atom is 0.136 e. The summed E-state index contributed by atoms with van der Waals surface area (Å²) in [5.41, 5.74) is 3.72. The molecular weight excluding hydrogens is 380 g/mol. The van der Waals surface area contributed by atoms with Gasteiger partial charge in [-0.1, -0.05) is 40.8 Å². The molecule has 0 aliphatic carbocycles. The number of phenols is 2. The minimum Gasteiger partial charge on any atom is -0.507 e. The number of aryl methyl sites for hydroxylation is 4. The Hall–Kier alpha value is -2.14. The van der Waals surface area contributed by atoms with E-state index >= 15 is 0 Å². The lowest BCUT2D eigenvalue weighted by Gasteiger charge is -2.24. The van der Waals surface area contributed by atoms with E-state index in [4.69, 9.17) is 9.47 Å². The molecule has 0 fully saturated rings. The molecule has 0 heterocycles. The van der Waals surface area contributed by atoms with Gasteiger partial charge in [0.1, 0.15) is 31.1 Å². The van der Waals surface area contributed by atoms with Crippen LogP contribution in [0.5, 0.6) is 23.0 Å². The van der Waals surface area contributed by atoms with E-state index in [1.165, 1.54) is 0 Å². The fourth-order valence-corrected chi connectivity index (χ4v) is 4.50. The summed E-state index contributed by atoms with van der Waals surface area (Å²) in [6, 6.07) is 7.78. The van der Waals surface area contributed by atoms with Gasteiger partial charge in [-0.25, -0.2) is 0 Å². The Morgan fingerprint density at radius 3 is 1.14 bits per heavy atom. The minimum atomic E-state index is -1.78. The Kier molecular flexibility index (Phi) is 8.02. The summed E-state index contributed by atoms with van der Waals surface area (Å²) in [4.78, 5) is 0. The van der Waals surface area contributed by atoms with Crippen LogP contribution < -0.4 is 9.47 Å². The van der Waals surface area contributed by atoms with Crippen LogP contribution in [0.15, 0.2) is 24.3 Å². The predicted octanol–water partition coefficient (Wildman–Crippen LogP) is 5.59. The molecular formula is C24H36O4Si. The predicted molar refractivity (Wildman–Crippen MR) is 122 cm³/mol. The summed E-state index contributed by atoms with van der Waals surface area (Å²) in [7, 11) is -1.78. The zero-order chi connectivity index (χ0) is 21.6. The van der Waals surface area contributed by atoms with Crippen molar-refractivity contribution in [2.75, 3.05) is 12.5 Å². The maximum absolute atomic E-state index is 10.3. The molecule has 160 valence electrons. The quantitative estimate of drug-likeness (QED) is 0.496. The highest BCUT2D eigenvalue weighted by atomic mass is 28.3. The van der Waals surface area contributed by atoms with E-state index in [0.29, 0.717) is 24.0 Å². The summed E-state index contributed by atoms with van der Waals surface area (Å²) in [5.74, 6) is 2.44. The Balaban J connectivity index is 2.06. The van der Waals surface area contributed by atoms with Gasteiger partial charge in [0.15, 0.2) is 0 Å². The number of hydrogen-bond acceptors (Lipinski definition) is 4. The maximum atomic E-state index is 10.3. The van der Waals surface area contributed by atoms with Crippen LogP contribution in [0.2, 0.25) is 13.1 Å². The van der Waals surface area contributed by atoms with Crippen molar-refractivity contribution < 1.29 is 19.7 Å². The van der Waals surface area contributed by atoms with E-state index in [9.17, 15) is 10.2 Å². The molecule has 0 aromatic heterocycles. The summed E-state index contributed by atoms with van der Waals surface area (Å²) >= 11 is 0. The smallest absolute Gasteiger partial charge is 0.136 e. The molecule has 29 heavy (non-hydrogen) atoms. The van der Waals surface area contributed by atoms with Gasteiger partial charge < -0.3 is 19.7 Å². The average molecular weight is 417 g/mol. The molecule has 2 aromatic rings. The van der Waals surface area contributed by atoms with Crippen molar-refractivity contribution in [3.63, 3.8) is 0 Å². The van der Waals surface area contributed by atoms with Crippen molar-refractivity contribution in [1.82, 2.24) is 0 Å². The highest BCUT2D eigenvalue weighted by Crippen LogP contribution is 2.31. The van der Waals surface area contributed by atoms with Gasteiger partial charge in [-0.05, 0) is 72.2 Å². The Morgan fingerprint density at radius 1 is 0.621 bits per heavy atom. The van der Waals surface area contributed by atoms with Crippen molar-refractivity contribution in [2.24, 2.45) is 0 Å². The number of benzene rings is 2. The second-order valence-electron chi connectivity index (χ2n) is 8.34. The van der Waals surface area contributed by atoms with E-state index < -0.39 is 8.07 Å². The van der Waals surface area contributed by atoms with E-state index in [1.54, 1.807) is 0 Å². The molecule has 0 aliphatic rings. The third-order valence-electron chi connectivity index (χ3n) is 5.27. The normalized spacial score (nSPS) is 11.5. The van der Waals surface area contributed by atoms with Gasteiger partial charge in [0.05, 0.1) is 12.5 Å². The molecule has 2 rings (SSSR count). The molecule has 0 radical (unpaired) electrons. The molecule has 0 aliphatic heterocycles. The van der Waals surface area contributed by atoms with Crippen LogP contribution in [0, 0.1) is 0 Å². The van der Waals surface area contributed by atoms with E-state index in [-0.39, 0.29) is 0 Å². The number of aromatic hydroxyl groups is 2. The van der Waals surface area contributed by atoms with Gasteiger partial charge in [0.2, 0.25) is 0 Å². The van der Waals surface area contributed by atoms with Crippen molar-refractivity contribution in [1.29, 1.82) is 0 Å². The summed E-state index contributed by atoms with van der Waals surface area (Å²) in [6.07, 6.45) is 4.40. The highest BCUT2D eigenvalue weighted by Gasteiger charge is 2.24. The molecule has 2 aromatic carbocycles. The zero-order valence-electron chi connectivity index (χ0n) is 18.8. The van der Waals surface area contributed by atoms with Crippen LogP contribution in [0.3, 0.4) is 0 Å². The monoisotopic (exact) mass is 416 g/mol. The first-order valence-corrected chi connectivity index (χ1v) is 14.1. The third kappa shape index (κ3) is 5.92. The largest absolute Gasteiger partial charge is 0.507 e. The van der Waals surface area contributed by atoms with Gasteiger partial charge in [0.25, 0.3) is 0 Å². The van der Waals surface area contributed by atoms with Crippen molar-refractivity contribution in [3.05, 3.63) is 46.5 Å². The molecule has 2 N–H and O–H groups in total.